The van der Waals surface area contributed by atoms with Gasteiger partial charge >= 0.3 is 0 Å². The van der Waals surface area contributed by atoms with Crippen molar-refractivity contribution in [1.29, 1.82) is 0 Å². The van der Waals surface area contributed by atoms with Gasteiger partial charge in [-0.3, -0.25) is 19.2 Å². The van der Waals surface area contributed by atoms with Crippen molar-refractivity contribution >= 4 is 28.9 Å². The molecule has 0 saturated carbocycles. The molecule has 0 aliphatic rings. The van der Waals surface area contributed by atoms with E-state index >= 15 is 0 Å². The summed E-state index contributed by atoms with van der Waals surface area (Å²) in [6, 6.07) is 3.56. The van der Waals surface area contributed by atoms with Crippen molar-refractivity contribution in [2.45, 2.75) is 39.8 Å². The first-order valence-corrected chi connectivity index (χ1v) is 11.0. The van der Waals surface area contributed by atoms with E-state index in [9.17, 15) is 24.3 Å². The van der Waals surface area contributed by atoms with Gasteiger partial charge in [-0.2, -0.15) is 0 Å². The Morgan fingerprint density at radius 2 is 1.53 bits per heavy atom. The molecule has 11 nitrogen and oxygen atoms in total. The number of benzene rings is 1. The maximum atomic E-state index is 13.2. The number of aromatic hydroxyl groups is 1. The van der Waals surface area contributed by atoms with Crippen LogP contribution in [0.5, 0.6) is 5.75 Å². The van der Waals surface area contributed by atoms with Crippen LogP contribution < -0.4 is 27.1 Å². The highest BCUT2D eigenvalue weighted by Crippen LogP contribution is 2.31. The second-order valence-electron chi connectivity index (χ2n) is 8.96. The Hall–Kier alpha value is -3.76. The summed E-state index contributed by atoms with van der Waals surface area (Å²) in [5, 5.41) is 19.3. The maximum absolute atomic E-state index is 13.2. The fourth-order valence-electron chi connectivity index (χ4n) is 3.32. The second-order valence-corrected chi connectivity index (χ2v) is 8.96. The summed E-state index contributed by atoms with van der Waals surface area (Å²) < 4.78 is 2.24. The predicted octanol–water partition coefficient (Wildman–Crippen LogP) is 1.20. The maximum Gasteiger partial charge on any atom is 0.290 e. The van der Waals surface area contributed by atoms with Gasteiger partial charge in [0.15, 0.2) is 5.75 Å². The van der Waals surface area contributed by atoms with E-state index in [0.29, 0.717) is 0 Å². The van der Waals surface area contributed by atoms with Crippen LogP contribution in [0.3, 0.4) is 0 Å². The number of phenols is 1. The molecule has 1 unspecified atom stereocenters. The number of anilines is 3. The van der Waals surface area contributed by atoms with Gasteiger partial charge in [-0.05, 0) is 31.9 Å². The summed E-state index contributed by atoms with van der Waals surface area (Å²) >= 11 is 0. The van der Waals surface area contributed by atoms with Crippen molar-refractivity contribution in [2.24, 2.45) is 20.0 Å². The Balaban J connectivity index is 2.66. The van der Waals surface area contributed by atoms with E-state index in [-0.39, 0.29) is 46.2 Å². The molecule has 2 aromatic rings. The standard InChI is InChI=1S/C23H34N6O5/c1-12(2)16(20(31)24-13(3)4)26-18-17(22(33)28(7)29(8)23(18)34)25-15-11-9-10-14(19(15)30)21(32)27(5)6/h9-13,16,25-26,30H,1-8H3,(H,24,31). The van der Waals surface area contributed by atoms with Crippen LogP contribution >= 0.6 is 0 Å². The van der Waals surface area contributed by atoms with Crippen molar-refractivity contribution in [2.75, 3.05) is 24.7 Å². The number of hydrogen-bond donors (Lipinski definition) is 4. The number of hydrogen-bond acceptors (Lipinski definition) is 7. The molecule has 34 heavy (non-hydrogen) atoms. The highest BCUT2D eigenvalue weighted by atomic mass is 16.3. The zero-order valence-corrected chi connectivity index (χ0v) is 20.9. The van der Waals surface area contributed by atoms with Gasteiger partial charge in [0.05, 0.1) is 11.3 Å². The number of carbonyl (C=O) groups excluding carboxylic acids is 2. The van der Waals surface area contributed by atoms with Gasteiger partial charge < -0.3 is 26.0 Å². The van der Waals surface area contributed by atoms with E-state index in [2.05, 4.69) is 16.0 Å². The van der Waals surface area contributed by atoms with E-state index < -0.39 is 23.1 Å². The molecule has 0 radical (unpaired) electrons. The average Bonchev–Trinajstić information content (AvgIpc) is 2.75. The van der Waals surface area contributed by atoms with E-state index in [1.165, 1.54) is 31.1 Å². The predicted molar refractivity (Wildman–Crippen MR) is 132 cm³/mol. The van der Waals surface area contributed by atoms with Gasteiger partial charge in [0.25, 0.3) is 17.0 Å². The highest BCUT2D eigenvalue weighted by Gasteiger charge is 2.27. The highest BCUT2D eigenvalue weighted by molar-refractivity contribution is 5.99. The summed E-state index contributed by atoms with van der Waals surface area (Å²) in [4.78, 5) is 52.8. The molecule has 1 aromatic heterocycles. The third-order valence-corrected chi connectivity index (χ3v) is 5.33. The first-order chi connectivity index (χ1) is 15.8. The third kappa shape index (κ3) is 5.41. The fourth-order valence-corrected chi connectivity index (χ4v) is 3.32. The van der Waals surface area contributed by atoms with Gasteiger partial charge in [-0.25, -0.2) is 9.36 Å². The molecule has 2 amide bonds. The van der Waals surface area contributed by atoms with Crippen LogP contribution in [0, 0.1) is 5.92 Å². The number of phenolic OH excluding ortho intramolecular Hbond substituents is 1. The number of amides is 2. The van der Waals surface area contributed by atoms with E-state index in [1.54, 1.807) is 20.2 Å². The van der Waals surface area contributed by atoms with E-state index in [4.69, 9.17) is 0 Å². The molecule has 0 bridgehead atoms. The normalized spacial score (nSPS) is 11.9. The third-order valence-electron chi connectivity index (χ3n) is 5.33. The molecule has 11 heteroatoms. The van der Waals surface area contributed by atoms with Crippen LogP contribution in [0.2, 0.25) is 0 Å². The first-order valence-electron chi connectivity index (χ1n) is 11.0. The Bertz CT molecular complexity index is 1200. The molecule has 1 heterocycles. The summed E-state index contributed by atoms with van der Waals surface area (Å²) in [6.07, 6.45) is 0. The van der Waals surface area contributed by atoms with Crippen LogP contribution in [0.15, 0.2) is 27.8 Å². The summed E-state index contributed by atoms with van der Waals surface area (Å²) in [6.45, 7) is 7.28. The quantitative estimate of drug-likeness (QED) is 0.422. The Morgan fingerprint density at radius 3 is 2.03 bits per heavy atom. The number of nitrogens with one attached hydrogen (secondary N) is 3. The zero-order chi connectivity index (χ0) is 25.9. The van der Waals surface area contributed by atoms with Crippen LogP contribution in [-0.4, -0.2) is 57.4 Å². The second kappa shape index (κ2) is 10.4. The van der Waals surface area contributed by atoms with Crippen LogP contribution in [0.4, 0.5) is 17.1 Å². The van der Waals surface area contributed by atoms with Crippen molar-refractivity contribution in [3.63, 3.8) is 0 Å². The van der Waals surface area contributed by atoms with Crippen molar-refractivity contribution in [3.05, 3.63) is 44.5 Å². The van der Waals surface area contributed by atoms with Crippen LogP contribution in [0.25, 0.3) is 0 Å². The molecule has 4 N–H and O–H groups in total. The lowest BCUT2D eigenvalue weighted by atomic mass is 10.0. The van der Waals surface area contributed by atoms with Gasteiger partial charge in [0, 0.05) is 34.2 Å². The Kier molecular flexibility index (Phi) is 8.14. The smallest absolute Gasteiger partial charge is 0.290 e. The SMILES string of the molecule is CC(C)NC(=O)C(Nc1c(Nc2cccc(C(=O)N(C)C)c2O)c(=O)n(C)n(C)c1=O)C(C)C. The molecule has 0 fully saturated rings. The number of carbonyl (C=O) groups is 2. The molecule has 1 aromatic carbocycles. The number of rotatable bonds is 8. The van der Waals surface area contributed by atoms with Crippen LogP contribution in [0.1, 0.15) is 38.1 Å². The van der Waals surface area contributed by atoms with Crippen molar-refractivity contribution in [1.82, 2.24) is 19.6 Å². The Morgan fingerprint density at radius 1 is 0.971 bits per heavy atom. The first kappa shape index (κ1) is 26.5. The minimum absolute atomic E-state index is 0.0292. The van der Waals surface area contributed by atoms with Gasteiger partial charge in [0.2, 0.25) is 5.91 Å². The number of nitrogens with zero attached hydrogens (tertiary/aromatic N) is 3. The minimum Gasteiger partial charge on any atom is -0.505 e. The largest absolute Gasteiger partial charge is 0.505 e. The van der Waals surface area contributed by atoms with E-state index in [1.807, 2.05) is 27.7 Å². The minimum atomic E-state index is -0.807. The topological polar surface area (TPSA) is 138 Å². The van der Waals surface area contributed by atoms with Crippen molar-refractivity contribution in [3.8, 4) is 5.75 Å². The molecule has 0 saturated heterocycles. The molecular formula is C23H34N6O5. The summed E-state index contributed by atoms with van der Waals surface area (Å²) in [5.74, 6) is -1.33. The lowest BCUT2D eigenvalue weighted by Gasteiger charge is -2.25. The molecule has 1 atom stereocenters. The summed E-state index contributed by atoms with van der Waals surface area (Å²) in [5.41, 5.74) is -1.30. The monoisotopic (exact) mass is 474 g/mol. The van der Waals surface area contributed by atoms with E-state index in [0.717, 1.165) is 9.36 Å². The molecule has 2 rings (SSSR count). The zero-order valence-electron chi connectivity index (χ0n) is 20.9. The lowest BCUT2D eigenvalue weighted by Crippen LogP contribution is -2.47. The number of para-hydroxylation sites is 1. The molecule has 0 spiro atoms. The van der Waals surface area contributed by atoms with Crippen LogP contribution in [-0.2, 0) is 18.9 Å². The fraction of sp³-hybridized carbons (Fsp3) is 0.478. The average molecular weight is 475 g/mol. The molecule has 0 aliphatic carbocycles. The van der Waals surface area contributed by atoms with Gasteiger partial charge in [0.1, 0.15) is 17.4 Å². The van der Waals surface area contributed by atoms with Gasteiger partial charge in [-0.15, -0.1) is 0 Å². The number of aromatic nitrogens is 2. The molecule has 0 aliphatic heterocycles. The molecular weight excluding hydrogens is 440 g/mol. The van der Waals surface area contributed by atoms with Gasteiger partial charge in [-0.1, -0.05) is 19.9 Å². The Labute approximate surface area is 198 Å². The van der Waals surface area contributed by atoms with Crippen molar-refractivity contribution < 1.29 is 14.7 Å². The summed E-state index contributed by atoms with van der Waals surface area (Å²) in [7, 11) is 5.96. The molecule has 186 valence electrons. The lowest BCUT2D eigenvalue weighted by molar-refractivity contribution is -0.123.